The minimum atomic E-state index is 0.549. The summed E-state index contributed by atoms with van der Waals surface area (Å²) in [6.07, 6.45) is 2.82. The van der Waals surface area contributed by atoms with Gasteiger partial charge in [0.2, 0.25) is 0 Å². The van der Waals surface area contributed by atoms with E-state index in [9.17, 15) is 0 Å². The van der Waals surface area contributed by atoms with Crippen molar-refractivity contribution in [1.29, 1.82) is 0 Å². The number of guanidine groups is 1. The van der Waals surface area contributed by atoms with Crippen molar-refractivity contribution in [3.63, 3.8) is 0 Å². The molecule has 7 heteroatoms. The summed E-state index contributed by atoms with van der Waals surface area (Å²) in [5.41, 5.74) is 0.953. The number of aromatic nitrogens is 2. The normalized spacial score (nSPS) is 11.4. The Balaban J connectivity index is 1.91. The molecule has 0 bridgehead atoms. The van der Waals surface area contributed by atoms with Crippen molar-refractivity contribution < 1.29 is 0 Å². The van der Waals surface area contributed by atoms with Gasteiger partial charge in [0.15, 0.2) is 5.96 Å². The number of nitrogens with one attached hydrogen (secondary N) is 2. The van der Waals surface area contributed by atoms with E-state index in [1.54, 1.807) is 11.3 Å². The van der Waals surface area contributed by atoms with Crippen LogP contribution in [0.3, 0.4) is 0 Å². The maximum absolute atomic E-state index is 4.62. The van der Waals surface area contributed by atoms with Gasteiger partial charge in [-0.2, -0.15) is 0 Å². The van der Waals surface area contributed by atoms with Crippen LogP contribution in [0.25, 0.3) is 0 Å². The van der Waals surface area contributed by atoms with Crippen LogP contribution in [0.4, 0.5) is 5.82 Å². The summed E-state index contributed by atoms with van der Waals surface area (Å²) in [5, 5.41) is 7.77. The second kappa shape index (κ2) is 9.22. The first-order chi connectivity index (χ1) is 11.6. The molecule has 24 heavy (non-hydrogen) atoms. The highest BCUT2D eigenvalue weighted by Crippen LogP contribution is 2.11. The summed E-state index contributed by atoms with van der Waals surface area (Å²) in [4.78, 5) is 16.8. The number of hydrogen-bond donors (Lipinski definition) is 2. The van der Waals surface area contributed by atoms with Gasteiger partial charge in [-0.05, 0) is 26.0 Å². The first-order valence-electron chi connectivity index (χ1n) is 8.15. The van der Waals surface area contributed by atoms with Crippen molar-refractivity contribution in [3.05, 3.63) is 40.0 Å². The molecular formula is C17H26N6S. The van der Waals surface area contributed by atoms with E-state index in [-0.39, 0.29) is 0 Å². The molecule has 0 saturated heterocycles. The van der Waals surface area contributed by atoms with E-state index in [4.69, 9.17) is 0 Å². The first kappa shape index (κ1) is 18.2. The van der Waals surface area contributed by atoms with Gasteiger partial charge < -0.3 is 15.5 Å². The van der Waals surface area contributed by atoms with Crippen molar-refractivity contribution >= 4 is 23.1 Å². The van der Waals surface area contributed by atoms with E-state index in [0.717, 1.165) is 42.0 Å². The number of hydrogen-bond acceptors (Lipinski definition) is 5. The summed E-state index contributed by atoms with van der Waals surface area (Å²) >= 11 is 1.74. The highest BCUT2D eigenvalue weighted by Gasteiger charge is 2.02. The Morgan fingerprint density at radius 2 is 2.12 bits per heavy atom. The zero-order chi connectivity index (χ0) is 17.4. The molecule has 130 valence electrons. The standard InChI is InChI=1S/C17H26N6S/c1-5-18-17(19-10-9-16-20-11-13(2)24-16)21-12-14-7-6-8-15(22-14)23(3)4/h6-8,11H,5,9-10,12H2,1-4H3,(H2,18,19,21). The highest BCUT2D eigenvalue weighted by molar-refractivity contribution is 7.11. The van der Waals surface area contributed by atoms with E-state index < -0.39 is 0 Å². The molecule has 0 aliphatic heterocycles. The fourth-order valence-electron chi connectivity index (χ4n) is 2.11. The molecule has 0 amide bonds. The van der Waals surface area contributed by atoms with Gasteiger partial charge in [0, 0.05) is 44.7 Å². The van der Waals surface area contributed by atoms with Crippen LogP contribution in [0.15, 0.2) is 29.4 Å². The molecule has 0 fully saturated rings. The minimum Gasteiger partial charge on any atom is -0.363 e. The van der Waals surface area contributed by atoms with Crippen LogP contribution in [-0.2, 0) is 13.0 Å². The van der Waals surface area contributed by atoms with Crippen LogP contribution in [0.1, 0.15) is 22.5 Å². The summed E-state index contributed by atoms with van der Waals surface area (Å²) < 4.78 is 0. The molecule has 0 aliphatic carbocycles. The molecule has 0 atom stereocenters. The lowest BCUT2D eigenvalue weighted by Crippen LogP contribution is -2.38. The largest absolute Gasteiger partial charge is 0.363 e. The number of anilines is 1. The van der Waals surface area contributed by atoms with E-state index in [0.29, 0.717) is 6.54 Å². The molecule has 6 nitrogen and oxygen atoms in total. The van der Waals surface area contributed by atoms with Gasteiger partial charge in [0.25, 0.3) is 0 Å². The number of nitrogens with zero attached hydrogens (tertiary/aromatic N) is 4. The Kier molecular flexibility index (Phi) is 6.99. The second-order valence-corrected chi connectivity index (χ2v) is 6.94. The number of pyridine rings is 1. The molecule has 0 aliphatic rings. The fourth-order valence-corrected chi connectivity index (χ4v) is 2.90. The maximum atomic E-state index is 4.62. The van der Waals surface area contributed by atoms with Crippen molar-refractivity contribution in [2.75, 3.05) is 32.1 Å². The topological polar surface area (TPSA) is 65.4 Å². The summed E-state index contributed by atoms with van der Waals surface area (Å²) in [6.45, 7) is 6.33. The average molecular weight is 347 g/mol. The van der Waals surface area contributed by atoms with Gasteiger partial charge in [-0.25, -0.2) is 15.0 Å². The zero-order valence-corrected chi connectivity index (χ0v) is 15.7. The monoisotopic (exact) mass is 346 g/mol. The smallest absolute Gasteiger partial charge is 0.191 e. The number of thiazole rings is 1. The summed E-state index contributed by atoms with van der Waals surface area (Å²) in [7, 11) is 3.97. The molecule has 0 saturated carbocycles. The third-order valence-corrected chi connectivity index (χ3v) is 4.27. The number of rotatable bonds is 7. The number of aliphatic imine (C=N–C) groups is 1. The molecule has 0 spiro atoms. The molecule has 2 heterocycles. The average Bonchev–Trinajstić information content (AvgIpc) is 2.98. The van der Waals surface area contributed by atoms with Gasteiger partial charge in [-0.1, -0.05) is 6.07 Å². The quantitative estimate of drug-likeness (QED) is 0.594. The van der Waals surface area contributed by atoms with E-state index in [1.165, 1.54) is 4.88 Å². The Labute approximate surface area is 148 Å². The van der Waals surface area contributed by atoms with Crippen LogP contribution >= 0.6 is 11.3 Å². The lowest BCUT2D eigenvalue weighted by atomic mass is 10.3. The van der Waals surface area contributed by atoms with Crippen LogP contribution in [-0.4, -0.2) is 43.1 Å². The Hall–Kier alpha value is -2.15. The van der Waals surface area contributed by atoms with E-state index in [2.05, 4.69) is 39.4 Å². The van der Waals surface area contributed by atoms with Crippen molar-refractivity contribution in [2.45, 2.75) is 26.8 Å². The van der Waals surface area contributed by atoms with Crippen LogP contribution in [0, 0.1) is 6.92 Å². The van der Waals surface area contributed by atoms with Gasteiger partial charge in [0.1, 0.15) is 5.82 Å². The zero-order valence-electron chi connectivity index (χ0n) is 14.8. The van der Waals surface area contributed by atoms with Crippen molar-refractivity contribution in [3.8, 4) is 0 Å². The van der Waals surface area contributed by atoms with Crippen LogP contribution < -0.4 is 15.5 Å². The first-order valence-corrected chi connectivity index (χ1v) is 8.97. The van der Waals surface area contributed by atoms with Crippen LogP contribution in [0.5, 0.6) is 0 Å². The van der Waals surface area contributed by atoms with Gasteiger partial charge in [-0.15, -0.1) is 11.3 Å². The Morgan fingerprint density at radius 1 is 1.29 bits per heavy atom. The van der Waals surface area contributed by atoms with Crippen molar-refractivity contribution in [2.24, 2.45) is 4.99 Å². The maximum Gasteiger partial charge on any atom is 0.191 e. The minimum absolute atomic E-state index is 0.549. The highest BCUT2D eigenvalue weighted by atomic mass is 32.1. The molecule has 0 aromatic carbocycles. The predicted molar refractivity (Wildman–Crippen MR) is 102 cm³/mol. The molecule has 2 aromatic heterocycles. The van der Waals surface area contributed by atoms with E-state index in [1.807, 2.05) is 43.4 Å². The predicted octanol–water partition coefficient (Wildman–Crippen LogP) is 2.21. The van der Waals surface area contributed by atoms with E-state index >= 15 is 0 Å². The summed E-state index contributed by atoms with van der Waals surface area (Å²) in [5.74, 6) is 1.75. The van der Waals surface area contributed by atoms with Gasteiger partial charge in [0.05, 0.1) is 17.2 Å². The Morgan fingerprint density at radius 3 is 2.79 bits per heavy atom. The van der Waals surface area contributed by atoms with Gasteiger partial charge >= 0.3 is 0 Å². The summed E-state index contributed by atoms with van der Waals surface area (Å²) in [6, 6.07) is 6.00. The molecule has 2 rings (SSSR count). The second-order valence-electron chi connectivity index (χ2n) is 5.62. The third-order valence-electron chi connectivity index (χ3n) is 3.29. The molecule has 2 aromatic rings. The molecular weight excluding hydrogens is 320 g/mol. The SMILES string of the molecule is CCNC(=NCc1cccc(N(C)C)n1)NCCc1ncc(C)s1. The third kappa shape index (κ3) is 5.81. The lowest BCUT2D eigenvalue weighted by Gasteiger charge is -2.13. The van der Waals surface area contributed by atoms with Crippen LogP contribution in [0.2, 0.25) is 0 Å². The fraction of sp³-hybridized carbons (Fsp3) is 0.471. The molecule has 0 unspecified atom stereocenters. The Bertz CT molecular complexity index is 665. The van der Waals surface area contributed by atoms with Crippen molar-refractivity contribution in [1.82, 2.24) is 20.6 Å². The van der Waals surface area contributed by atoms with Gasteiger partial charge in [-0.3, -0.25) is 0 Å². The number of aryl methyl sites for hydroxylation is 1. The lowest BCUT2D eigenvalue weighted by molar-refractivity contribution is 0.793. The molecule has 0 radical (unpaired) electrons. The molecule has 2 N–H and O–H groups in total.